The molecule has 4 aromatic rings. The Balaban J connectivity index is 1.64. The van der Waals surface area contributed by atoms with Crippen molar-refractivity contribution in [2.75, 3.05) is 13.2 Å². The predicted molar refractivity (Wildman–Crippen MR) is 137 cm³/mol. The minimum atomic E-state index is -0.618. The zero-order valence-electron chi connectivity index (χ0n) is 20.2. The zero-order valence-corrected chi connectivity index (χ0v) is 21.0. The molecule has 1 atom stereocenters. The highest BCUT2D eigenvalue weighted by Crippen LogP contribution is 2.36. The van der Waals surface area contributed by atoms with Crippen molar-refractivity contribution in [3.63, 3.8) is 0 Å². The van der Waals surface area contributed by atoms with Gasteiger partial charge in [-0.1, -0.05) is 16.8 Å². The molecule has 190 valence electrons. The maximum Gasteiger partial charge on any atom is 0.257 e. The summed E-state index contributed by atoms with van der Waals surface area (Å²) in [6.07, 6.45) is 0.967. The SMILES string of the molecule is Cc1cc([C@@H](C)Oc2ccc(Cl)nc2/C(N)=N/O)c2oc(-c3cnc4c(c3)OCCO4)c(C)c(=O)c2c1. The quantitative estimate of drug-likeness (QED) is 0.127. The van der Waals surface area contributed by atoms with Gasteiger partial charge in [-0.05, 0) is 56.7 Å². The summed E-state index contributed by atoms with van der Waals surface area (Å²) in [5.74, 6) is 1.23. The minimum absolute atomic E-state index is 0.0825. The second-order valence-electron chi connectivity index (χ2n) is 8.57. The van der Waals surface area contributed by atoms with Crippen molar-refractivity contribution in [1.29, 1.82) is 0 Å². The first-order chi connectivity index (χ1) is 17.8. The number of hydrogen-bond acceptors (Lipinski definition) is 9. The van der Waals surface area contributed by atoms with Crippen LogP contribution in [0.1, 0.15) is 35.4 Å². The van der Waals surface area contributed by atoms with Crippen molar-refractivity contribution >= 4 is 28.4 Å². The lowest BCUT2D eigenvalue weighted by Gasteiger charge is -2.20. The first-order valence-corrected chi connectivity index (χ1v) is 11.8. The van der Waals surface area contributed by atoms with Gasteiger partial charge < -0.3 is 29.6 Å². The summed E-state index contributed by atoms with van der Waals surface area (Å²) in [6, 6.07) is 8.51. The van der Waals surface area contributed by atoms with Crippen molar-refractivity contribution in [2.45, 2.75) is 26.9 Å². The molecule has 0 amide bonds. The summed E-state index contributed by atoms with van der Waals surface area (Å²) in [4.78, 5) is 21.9. The van der Waals surface area contributed by atoms with Gasteiger partial charge in [-0.25, -0.2) is 9.97 Å². The normalized spacial score (nSPS) is 14.0. The first kappa shape index (κ1) is 24.4. The van der Waals surface area contributed by atoms with E-state index in [9.17, 15) is 4.79 Å². The minimum Gasteiger partial charge on any atom is -0.484 e. The van der Waals surface area contributed by atoms with E-state index in [1.165, 1.54) is 6.07 Å². The Hall–Kier alpha value is -4.31. The number of benzene rings is 1. The maximum atomic E-state index is 13.5. The number of hydrogen-bond donors (Lipinski definition) is 2. The van der Waals surface area contributed by atoms with Crippen LogP contribution < -0.4 is 25.4 Å². The third kappa shape index (κ3) is 4.51. The second kappa shape index (κ2) is 9.62. The van der Waals surface area contributed by atoms with Crippen LogP contribution in [0.4, 0.5) is 0 Å². The van der Waals surface area contributed by atoms with Crippen LogP contribution in [0.3, 0.4) is 0 Å². The summed E-state index contributed by atoms with van der Waals surface area (Å²) in [7, 11) is 0. The Labute approximate surface area is 216 Å². The molecule has 3 N–H and O–H groups in total. The average Bonchev–Trinajstić information content (AvgIpc) is 2.90. The van der Waals surface area contributed by atoms with E-state index in [1.54, 1.807) is 38.2 Å². The average molecular weight is 523 g/mol. The van der Waals surface area contributed by atoms with E-state index >= 15 is 0 Å². The number of pyridine rings is 2. The van der Waals surface area contributed by atoms with Crippen molar-refractivity contribution in [3.05, 3.63) is 74.3 Å². The number of fused-ring (bicyclic) bond motifs is 2. The zero-order chi connectivity index (χ0) is 26.3. The Morgan fingerprint density at radius 1 is 1.22 bits per heavy atom. The highest BCUT2D eigenvalue weighted by atomic mass is 35.5. The van der Waals surface area contributed by atoms with Crippen LogP contribution in [0, 0.1) is 13.8 Å². The van der Waals surface area contributed by atoms with Crippen LogP contribution in [-0.2, 0) is 0 Å². The summed E-state index contributed by atoms with van der Waals surface area (Å²) in [5, 5.41) is 12.7. The van der Waals surface area contributed by atoms with Gasteiger partial charge >= 0.3 is 0 Å². The van der Waals surface area contributed by atoms with E-state index in [-0.39, 0.29) is 27.9 Å². The lowest BCUT2D eigenvalue weighted by Crippen LogP contribution is -2.18. The number of nitrogens with zero attached hydrogens (tertiary/aromatic N) is 3. The van der Waals surface area contributed by atoms with Crippen LogP contribution >= 0.6 is 11.6 Å². The molecule has 0 saturated heterocycles. The third-order valence-corrected chi connectivity index (χ3v) is 6.18. The Morgan fingerprint density at radius 3 is 2.78 bits per heavy atom. The smallest absolute Gasteiger partial charge is 0.257 e. The van der Waals surface area contributed by atoms with Crippen molar-refractivity contribution in [1.82, 2.24) is 9.97 Å². The summed E-state index contributed by atoms with van der Waals surface area (Å²) >= 11 is 5.99. The Kier molecular flexibility index (Phi) is 6.34. The van der Waals surface area contributed by atoms with Gasteiger partial charge in [0.05, 0.1) is 5.39 Å². The highest BCUT2D eigenvalue weighted by molar-refractivity contribution is 6.29. The topological polar surface area (TPSA) is 142 Å². The van der Waals surface area contributed by atoms with Crippen LogP contribution in [0.2, 0.25) is 5.15 Å². The molecule has 0 spiro atoms. The van der Waals surface area contributed by atoms with E-state index in [1.807, 2.05) is 13.0 Å². The standard InChI is InChI=1S/C26H23ClN4O6/c1-12-8-16(14(3)36-18-4-5-20(27)30-21(18)25(28)31-33)24-17(9-12)22(32)13(2)23(37-24)15-10-19-26(29-11-15)35-7-6-34-19/h4-5,8-11,14,33H,6-7H2,1-3H3,(H2,28,31)/t14-/m1/s1. The van der Waals surface area contributed by atoms with Gasteiger partial charge in [0.25, 0.3) is 5.88 Å². The number of rotatable bonds is 5. The van der Waals surface area contributed by atoms with Crippen LogP contribution in [0.5, 0.6) is 17.4 Å². The highest BCUT2D eigenvalue weighted by Gasteiger charge is 2.23. The van der Waals surface area contributed by atoms with E-state index in [0.29, 0.717) is 58.3 Å². The summed E-state index contributed by atoms with van der Waals surface area (Å²) in [5.41, 5.74) is 8.55. The van der Waals surface area contributed by atoms with Gasteiger partial charge in [-0.15, -0.1) is 0 Å². The first-order valence-electron chi connectivity index (χ1n) is 11.4. The molecule has 0 bridgehead atoms. The monoisotopic (exact) mass is 522 g/mol. The molecule has 37 heavy (non-hydrogen) atoms. The molecule has 4 heterocycles. The molecule has 0 aliphatic carbocycles. The van der Waals surface area contributed by atoms with Gasteiger partial charge in [0.15, 0.2) is 22.7 Å². The molecule has 1 aliphatic rings. The maximum absolute atomic E-state index is 13.5. The molecule has 11 heteroatoms. The van der Waals surface area contributed by atoms with Crippen LogP contribution in [0.15, 0.2) is 50.9 Å². The van der Waals surface area contributed by atoms with Crippen molar-refractivity contribution in [3.8, 4) is 28.7 Å². The Bertz CT molecular complexity index is 1620. The number of ether oxygens (including phenoxy) is 3. The fourth-order valence-electron chi connectivity index (χ4n) is 4.21. The van der Waals surface area contributed by atoms with E-state index in [2.05, 4.69) is 15.1 Å². The lowest BCUT2D eigenvalue weighted by molar-refractivity contribution is 0.164. The molecular formula is C26H23ClN4O6. The van der Waals surface area contributed by atoms with Crippen LogP contribution in [-0.4, -0.2) is 34.2 Å². The van der Waals surface area contributed by atoms with E-state index in [0.717, 1.165) is 5.56 Å². The molecule has 0 radical (unpaired) electrons. The molecule has 3 aromatic heterocycles. The molecular weight excluding hydrogens is 500 g/mol. The number of nitrogens with two attached hydrogens (primary N) is 1. The molecule has 5 rings (SSSR count). The van der Waals surface area contributed by atoms with Gasteiger partial charge in [-0.2, -0.15) is 0 Å². The van der Waals surface area contributed by atoms with E-state index in [4.69, 9.17) is 41.2 Å². The fraction of sp³-hybridized carbons (Fsp3) is 0.231. The summed E-state index contributed by atoms with van der Waals surface area (Å²) in [6.45, 7) is 6.22. The molecule has 1 aliphatic heterocycles. The van der Waals surface area contributed by atoms with Gasteiger partial charge in [0.2, 0.25) is 0 Å². The molecule has 0 fully saturated rings. The fourth-order valence-corrected chi connectivity index (χ4v) is 4.35. The van der Waals surface area contributed by atoms with E-state index < -0.39 is 6.10 Å². The molecule has 10 nitrogen and oxygen atoms in total. The number of aryl methyl sites for hydroxylation is 1. The number of aromatic nitrogens is 2. The molecule has 1 aromatic carbocycles. The van der Waals surface area contributed by atoms with Gasteiger partial charge in [0.1, 0.15) is 41.6 Å². The predicted octanol–water partition coefficient (Wildman–Crippen LogP) is 4.53. The Morgan fingerprint density at radius 2 is 2.00 bits per heavy atom. The third-order valence-electron chi connectivity index (χ3n) is 5.97. The van der Waals surface area contributed by atoms with Crippen LogP contribution in [0.25, 0.3) is 22.3 Å². The number of amidine groups is 1. The molecule has 0 saturated carbocycles. The van der Waals surface area contributed by atoms with Gasteiger partial charge in [-0.3, -0.25) is 4.79 Å². The van der Waals surface area contributed by atoms with Crippen molar-refractivity contribution < 1.29 is 23.8 Å². The number of oxime groups is 1. The molecule has 0 unspecified atom stereocenters. The second-order valence-corrected chi connectivity index (χ2v) is 8.95. The van der Waals surface area contributed by atoms with Gasteiger partial charge in [0, 0.05) is 22.9 Å². The van der Waals surface area contributed by atoms with Crippen molar-refractivity contribution in [2.24, 2.45) is 10.9 Å². The summed E-state index contributed by atoms with van der Waals surface area (Å²) < 4.78 is 23.7. The number of halogens is 1. The lowest BCUT2D eigenvalue weighted by atomic mass is 10.00. The largest absolute Gasteiger partial charge is 0.484 e.